The number of nitrogens with one attached hydrogen (secondary N) is 1. The number of aliphatic hydroxyl groups excluding tert-OH is 1. The minimum Gasteiger partial charge on any atom is -0.468 e. The summed E-state index contributed by atoms with van der Waals surface area (Å²) in [5.41, 5.74) is 0. The van der Waals surface area contributed by atoms with Crippen molar-refractivity contribution in [2.75, 3.05) is 26.9 Å². The maximum atomic E-state index is 11.2. The molecule has 0 saturated heterocycles. The minimum absolute atomic E-state index is 0.295. The van der Waals surface area contributed by atoms with E-state index in [9.17, 15) is 9.90 Å². The monoisotopic (exact) mass is 289 g/mol. The van der Waals surface area contributed by atoms with Gasteiger partial charge in [0, 0.05) is 13.2 Å². The number of hydrogen-bond acceptors (Lipinski definition) is 5. The van der Waals surface area contributed by atoms with Gasteiger partial charge in [-0.15, -0.1) is 0 Å². The van der Waals surface area contributed by atoms with Crippen molar-refractivity contribution in [2.45, 2.75) is 58.6 Å². The van der Waals surface area contributed by atoms with Gasteiger partial charge in [0.25, 0.3) is 0 Å². The summed E-state index contributed by atoms with van der Waals surface area (Å²) in [4.78, 5) is 11.2. The van der Waals surface area contributed by atoms with Crippen molar-refractivity contribution in [1.29, 1.82) is 0 Å². The van der Waals surface area contributed by atoms with Crippen LogP contribution in [0, 0.1) is 5.92 Å². The van der Waals surface area contributed by atoms with Crippen molar-refractivity contribution >= 4 is 5.97 Å². The van der Waals surface area contributed by atoms with Crippen LogP contribution in [0.1, 0.15) is 46.5 Å². The van der Waals surface area contributed by atoms with E-state index in [1.54, 1.807) is 6.92 Å². The fraction of sp³-hybridized carbons (Fsp3) is 0.933. The van der Waals surface area contributed by atoms with E-state index in [0.29, 0.717) is 25.7 Å². The highest BCUT2D eigenvalue weighted by Crippen LogP contribution is 2.12. The Labute approximate surface area is 123 Å². The summed E-state index contributed by atoms with van der Waals surface area (Å²) >= 11 is 0. The zero-order valence-corrected chi connectivity index (χ0v) is 13.4. The van der Waals surface area contributed by atoms with Crippen molar-refractivity contribution in [3.8, 4) is 0 Å². The molecule has 0 aromatic carbocycles. The van der Waals surface area contributed by atoms with Crippen LogP contribution in [-0.2, 0) is 14.3 Å². The van der Waals surface area contributed by atoms with Crippen LogP contribution in [0.25, 0.3) is 0 Å². The van der Waals surface area contributed by atoms with E-state index in [0.717, 1.165) is 6.42 Å². The van der Waals surface area contributed by atoms with Crippen LogP contribution in [0.4, 0.5) is 0 Å². The Bertz CT molecular complexity index is 248. The number of ether oxygens (including phenoxy) is 2. The first-order valence-electron chi connectivity index (χ1n) is 7.62. The number of esters is 1. The van der Waals surface area contributed by atoms with Crippen LogP contribution < -0.4 is 5.32 Å². The summed E-state index contributed by atoms with van der Waals surface area (Å²) in [6, 6.07) is -0.414. The van der Waals surface area contributed by atoms with E-state index in [1.165, 1.54) is 26.4 Å². The lowest BCUT2D eigenvalue weighted by Crippen LogP contribution is -2.40. The Kier molecular flexibility index (Phi) is 11.7. The van der Waals surface area contributed by atoms with Crippen molar-refractivity contribution in [1.82, 2.24) is 5.32 Å². The maximum absolute atomic E-state index is 11.2. The lowest BCUT2D eigenvalue weighted by Gasteiger charge is -2.18. The predicted molar refractivity (Wildman–Crippen MR) is 79.6 cm³/mol. The SMILES string of the molecule is CCCCC(CC)COCC(O)CNC(C)C(=O)OC. The molecule has 0 amide bonds. The predicted octanol–water partition coefficient (Wildman–Crippen LogP) is 1.73. The molecular weight excluding hydrogens is 258 g/mol. The molecule has 0 aliphatic carbocycles. The molecule has 0 aromatic rings. The molecule has 0 bridgehead atoms. The van der Waals surface area contributed by atoms with Crippen molar-refractivity contribution < 1.29 is 19.4 Å². The fourth-order valence-corrected chi connectivity index (χ4v) is 1.90. The van der Waals surface area contributed by atoms with Crippen LogP contribution in [0.5, 0.6) is 0 Å². The van der Waals surface area contributed by atoms with E-state index in [1.807, 2.05) is 0 Å². The number of hydrogen-bond donors (Lipinski definition) is 2. The van der Waals surface area contributed by atoms with E-state index < -0.39 is 12.1 Å². The highest BCUT2D eigenvalue weighted by molar-refractivity contribution is 5.75. The van der Waals surface area contributed by atoms with E-state index >= 15 is 0 Å². The molecule has 0 heterocycles. The third-order valence-corrected chi connectivity index (χ3v) is 3.42. The summed E-state index contributed by atoms with van der Waals surface area (Å²) < 4.78 is 10.2. The average molecular weight is 289 g/mol. The third kappa shape index (κ3) is 9.28. The summed E-state index contributed by atoms with van der Waals surface area (Å²) in [6.45, 7) is 7.37. The second-order valence-corrected chi connectivity index (χ2v) is 5.26. The molecule has 20 heavy (non-hydrogen) atoms. The number of carbonyl (C=O) groups excluding carboxylic acids is 1. The molecule has 2 N–H and O–H groups in total. The van der Waals surface area contributed by atoms with Crippen molar-refractivity contribution in [3.63, 3.8) is 0 Å². The zero-order chi connectivity index (χ0) is 15.4. The first-order chi connectivity index (χ1) is 9.54. The molecule has 0 rings (SSSR count). The lowest BCUT2D eigenvalue weighted by molar-refractivity contribution is -0.142. The van der Waals surface area contributed by atoms with Gasteiger partial charge in [-0.25, -0.2) is 0 Å². The largest absolute Gasteiger partial charge is 0.468 e. The van der Waals surface area contributed by atoms with Gasteiger partial charge in [-0.05, 0) is 19.3 Å². The topological polar surface area (TPSA) is 67.8 Å². The van der Waals surface area contributed by atoms with Crippen molar-refractivity contribution in [2.24, 2.45) is 5.92 Å². The summed E-state index contributed by atoms with van der Waals surface area (Å²) in [6.07, 6.45) is 4.11. The molecule has 5 nitrogen and oxygen atoms in total. The molecule has 0 radical (unpaired) electrons. The smallest absolute Gasteiger partial charge is 0.322 e. The Morgan fingerprint density at radius 1 is 1.30 bits per heavy atom. The van der Waals surface area contributed by atoms with Gasteiger partial charge in [0.05, 0.1) is 19.8 Å². The highest BCUT2D eigenvalue weighted by Gasteiger charge is 2.14. The molecule has 3 atom stereocenters. The average Bonchev–Trinajstić information content (AvgIpc) is 2.47. The molecule has 120 valence electrons. The zero-order valence-electron chi connectivity index (χ0n) is 13.4. The summed E-state index contributed by atoms with van der Waals surface area (Å²) in [5, 5.41) is 12.7. The van der Waals surface area contributed by atoms with Crippen LogP contribution >= 0.6 is 0 Å². The molecule has 0 spiro atoms. The molecule has 0 fully saturated rings. The quantitative estimate of drug-likeness (QED) is 0.536. The Morgan fingerprint density at radius 3 is 2.55 bits per heavy atom. The van der Waals surface area contributed by atoms with Gasteiger partial charge >= 0.3 is 5.97 Å². The second-order valence-electron chi connectivity index (χ2n) is 5.26. The summed E-state index contributed by atoms with van der Waals surface area (Å²) in [5.74, 6) is 0.243. The lowest BCUT2D eigenvalue weighted by atomic mass is 10.0. The minimum atomic E-state index is -0.606. The van der Waals surface area contributed by atoms with Gasteiger partial charge in [0.2, 0.25) is 0 Å². The van der Waals surface area contributed by atoms with Crippen LogP contribution in [0.15, 0.2) is 0 Å². The number of unbranched alkanes of at least 4 members (excludes halogenated alkanes) is 1. The second kappa shape index (κ2) is 12.1. The Balaban J connectivity index is 3.71. The first kappa shape index (κ1) is 19.4. The summed E-state index contributed by atoms with van der Waals surface area (Å²) in [7, 11) is 1.35. The first-order valence-corrected chi connectivity index (χ1v) is 7.62. The maximum Gasteiger partial charge on any atom is 0.322 e. The molecule has 3 unspecified atom stereocenters. The van der Waals surface area contributed by atoms with Crippen molar-refractivity contribution in [3.05, 3.63) is 0 Å². The number of carbonyl (C=O) groups is 1. The van der Waals surface area contributed by atoms with Gasteiger partial charge in [-0.3, -0.25) is 4.79 Å². The van der Waals surface area contributed by atoms with Crippen LogP contribution in [0.3, 0.4) is 0 Å². The normalized spacial score (nSPS) is 15.7. The Hall–Kier alpha value is -0.650. The van der Waals surface area contributed by atoms with Crippen LogP contribution in [-0.4, -0.2) is 50.1 Å². The molecule has 0 aliphatic heterocycles. The number of rotatable bonds is 12. The van der Waals surface area contributed by atoms with E-state index in [-0.39, 0.29) is 5.97 Å². The van der Waals surface area contributed by atoms with Gasteiger partial charge < -0.3 is 19.9 Å². The number of aliphatic hydroxyl groups is 1. The van der Waals surface area contributed by atoms with Gasteiger partial charge in [0.15, 0.2) is 0 Å². The third-order valence-electron chi connectivity index (χ3n) is 3.42. The molecular formula is C15H31NO4. The Morgan fingerprint density at radius 2 is 2.00 bits per heavy atom. The van der Waals surface area contributed by atoms with E-state index in [4.69, 9.17) is 4.74 Å². The van der Waals surface area contributed by atoms with Crippen LogP contribution in [0.2, 0.25) is 0 Å². The molecule has 0 aromatic heterocycles. The van der Waals surface area contributed by atoms with Gasteiger partial charge in [0.1, 0.15) is 6.04 Å². The van der Waals surface area contributed by atoms with Gasteiger partial charge in [-0.1, -0.05) is 33.1 Å². The fourth-order valence-electron chi connectivity index (χ4n) is 1.90. The standard InChI is InChI=1S/C15H31NO4/c1-5-7-8-13(6-2)10-20-11-14(17)9-16-12(3)15(18)19-4/h12-14,16-17H,5-11H2,1-4H3. The molecule has 5 heteroatoms. The van der Waals surface area contributed by atoms with E-state index in [2.05, 4.69) is 23.9 Å². The number of methoxy groups -OCH3 is 1. The molecule has 0 aliphatic rings. The van der Waals surface area contributed by atoms with Gasteiger partial charge in [-0.2, -0.15) is 0 Å². The molecule has 0 saturated carbocycles. The highest BCUT2D eigenvalue weighted by atomic mass is 16.5.